The summed E-state index contributed by atoms with van der Waals surface area (Å²) in [6, 6.07) is 1.58. The maximum atomic E-state index is 10.9. The fourth-order valence-corrected chi connectivity index (χ4v) is 2.21. The van der Waals surface area contributed by atoms with Gasteiger partial charge >= 0.3 is 5.69 Å². The van der Waals surface area contributed by atoms with Crippen LogP contribution in [0.5, 0.6) is 0 Å². The Morgan fingerprint density at radius 1 is 1.53 bits per heavy atom. The van der Waals surface area contributed by atoms with Gasteiger partial charge in [-0.15, -0.1) is 0 Å². The molecule has 0 spiro atoms. The third kappa shape index (κ3) is 2.66. The highest BCUT2D eigenvalue weighted by Crippen LogP contribution is 2.32. The van der Waals surface area contributed by atoms with Crippen LogP contribution in [-0.2, 0) is 0 Å². The van der Waals surface area contributed by atoms with Crippen molar-refractivity contribution in [2.24, 2.45) is 5.92 Å². The Balaban J connectivity index is 2.30. The Morgan fingerprint density at radius 3 is 2.76 bits per heavy atom. The van der Waals surface area contributed by atoms with E-state index < -0.39 is 4.92 Å². The SMILES string of the molecule is CC1CCN(c2cc(Cl)ncc2[N+](=O)[O-])CC1. The number of nitrogens with zero attached hydrogens (tertiary/aromatic N) is 3. The lowest BCUT2D eigenvalue weighted by atomic mass is 9.99. The van der Waals surface area contributed by atoms with E-state index in [0.29, 0.717) is 16.8 Å². The summed E-state index contributed by atoms with van der Waals surface area (Å²) >= 11 is 5.81. The smallest absolute Gasteiger partial charge is 0.310 e. The topological polar surface area (TPSA) is 59.3 Å². The number of pyridine rings is 1. The molecule has 1 fully saturated rings. The molecule has 0 aliphatic carbocycles. The van der Waals surface area contributed by atoms with E-state index in [4.69, 9.17) is 11.6 Å². The van der Waals surface area contributed by atoms with Crippen molar-refractivity contribution in [1.29, 1.82) is 0 Å². The zero-order chi connectivity index (χ0) is 12.4. The lowest BCUT2D eigenvalue weighted by Gasteiger charge is -2.31. The molecule has 1 aliphatic rings. The minimum atomic E-state index is -0.406. The summed E-state index contributed by atoms with van der Waals surface area (Å²) in [6.45, 7) is 3.87. The van der Waals surface area contributed by atoms with Crippen LogP contribution in [0, 0.1) is 16.0 Å². The van der Waals surface area contributed by atoms with Crippen LogP contribution in [0.2, 0.25) is 5.15 Å². The maximum Gasteiger partial charge on any atom is 0.310 e. The first-order chi connectivity index (χ1) is 8.08. The second-order valence-electron chi connectivity index (χ2n) is 4.42. The maximum absolute atomic E-state index is 10.9. The first kappa shape index (κ1) is 12.1. The second-order valence-corrected chi connectivity index (χ2v) is 4.81. The summed E-state index contributed by atoms with van der Waals surface area (Å²) in [6.07, 6.45) is 3.34. The van der Waals surface area contributed by atoms with Crippen LogP contribution in [0.1, 0.15) is 19.8 Å². The predicted octanol–water partition coefficient (Wildman–Crippen LogP) is 2.88. The molecule has 2 heterocycles. The second kappa shape index (κ2) is 4.87. The van der Waals surface area contributed by atoms with Gasteiger partial charge in [0.05, 0.1) is 4.92 Å². The van der Waals surface area contributed by atoms with Crippen LogP contribution in [0.15, 0.2) is 12.3 Å². The van der Waals surface area contributed by atoms with E-state index in [2.05, 4.69) is 11.9 Å². The van der Waals surface area contributed by atoms with Gasteiger partial charge in [-0.1, -0.05) is 18.5 Å². The molecular formula is C11H14ClN3O2. The molecule has 5 nitrogen and oxygen atoms in total. The minimum Gasteiger partial charge on any atom is -0.366 e. The zero-order valence-electron chi connectivity index (χ0n) is 9.60. The summed E-state index contributed by atoms with van der Waals surface area (Å²) in [5, 5.41) is 11.2. The van der Waals surface area contributed by atoms with Gasteiger partial charge in [0.25, 0.3) is 0 Å². The number of halogens is 1. The molecular weight excluding hydrogens is 242 g/mol. The van der Waals surface area contributed by atoms with Gasteiger partial charge in [-0.3, -0.25) is 10.1 Å². The van der Waals surface area contributed by atoms with E-state index in [0.717, 1.165) is 25.9 Å². The van der Waals surface area contributed by atoms with Crippen molar-refractivity contribution in [3.8, 4) is 0 Å². The molecule has 17 heavy (non-hydrogen) atoms. The molecule has 92 valence electrons. The standard InChI is InChI=1S/C11H14ClN3O2/c1-8-2-4-14(5-3-8)9-6-11(12)13-7-10(9)15(16)17/h6-8H,2-5H2,1H3. The van der Waals surface area contributed by atoms with E-state index in [-0.39, 0.29) is 5.69 Å². The summed E-state index contributed by atoms with van der Waals surface area (Å²) in [7, 11) is 0. The van der Waals surface area contributed by atoms with Crippen LogP contribution < -0.4 is 4.90 Å². The molecule has 1 aromatic rings. The Bertz CT molecular complexity index is 431. The molecule has 2 rings (SSSR count). The molecule has 1 saturated heterocycles. The van der Waals surface area contributed by atoms with Crippen molar-refractivity contribution >= 4 is 23.0 Å². The van der Waals surface area contributed by atoms with E-state index in [1.54, 1.807) is 6.07 Å². The van der Waals surface area contributed by atoms with Gasteiger partial charge < -0.3 is 4.90 Å². The van der Waals surface area contributed by atoms with Crippen molar-refractivity contribution in [3.05, 3.63) is 27.5 Å². The molecule has 0 unspecified atom stereocenters. The molecule has 6 heteroatoms. The van der Waals surface area contributed by atoms with Crippen molar-refractivity contribution in [2.45, 2.75) is 19.8 Å². The van der Waals surface area contributed by atoms with Gasteiger partial charge in [-0.05, 0) is 18.8 Å². The molecule has 0 saturated carbocycles. The summed E-state index contributed by atoms with van der Waals surface area (Å²) in [4.78, 5) is 16.3. The van der Waals surface area contributed by atoms with Gasteiger partial charge in [-0.25, -0.2) is 4.98 Å². The fraction of sp³-hybridized carbons (Fsp3) is 0.545. The van der Waals surface area contributed by atoms with E-state index >= 15 is 0 Å². The zero-order valence-corrected chi connectivity index (χ0v) is 10.4. The number of nitro groups is 1. The first-order valence-electron chi connectivity index (χ1n) is 5.63. The predicted molar refractivity (Wildman–Crippen MR) is 66.5 cm³/mol. The van der Waals surface area contributed by atoms with Gasteiger partial charge in [-0.2, -0.15) is 0 Å². The van der Waals surface area contributed by atoms with E-state index in [1.807, 2.05) is 4.90 Å². The Kier molecular flexibility index (Phi) is 3.47. The third-order valence-corrected chi connectivity index (χ3v) is 3.36. The fourth-order valence-electron chi connectivity index (χ4n) is 2.06. The molecule has 0 amide bonds. The molecule has 1 aromatic heterocycles. The van der Waals surface area contributed by atoms with Crippen molar-refractivity contribution in [1.82, 2.24) is 4.98 Å². The Labute approximate surface area is 105 Å². The van der Waals surface area contributed by atoms with Crippen LogP contribution in [0.3, 0.4) is 0 Å². The molecule has 0 N–H and O–H groups in total. The highest BCUT2D eigenvalue weighted by atomic mass is 35.5. The van der Waals surface area contributed by atoms with E-state index in [9.17, 15) is 10.1 Å². The number of hydrogen-bond acceptors (Lipinski definition) is 4. The molecule has 0 bridgehead atoms. The van der Waals surface area contributed by atoms with Crippen LogP contribution in [0.4, 0.5) is 11.4 Å². The van der Waals surface area contributed by atoms with Crippen molar-refractivity contribution in [3.63, 3.8) is 0 Å². The first-order valence-corrected chi connectivity index (χ1v) is 6.00. The minimum absolute atomic E-state index is 0.0314. The van der Waals surface area contributed by atoms with Crippen molar-refractivity contribution < 1.29 is 4.92 Å². The average Bonchev–Trinajstić information content (AvgIpc) is 2.29. The van der Waals surface area contributed by atoms with Gasteiger partial charge in [0.15, 0.2) is 0 Å². The van der Waals surface area contributed by atoms with E-state index in [1.165, 1.54) is 6.20 Å². The highest BCUT2D eigenvalue weighted by Gasteiger charge is 2.23. The molecule has 0 atom stereocenters. The van der Waals surface area contributed by atoms with Crippen LogP contribution in [0.25, 0.3) is 0 Å². The number of anilines is 1. The lowest BCUT2D eigenvalue weighted by molar-refractivity contribution is -0.384. The van der Waals surface area contributed by atoms with Gasteiger partial charge in [0, 0.05) is 19.2 Å². The normalized spacial score (nSPS) is 17.2. The van der Waals surface area contributed by atoms with Crippen LogP contribution in [-0.4, -0.2) is 23.0 Å². The molecule has 0 aromatic carbocycles. The quantitative estimate of drug-likeness (QED) is 0.463. The van der Waals surface area contributed by atoms with Crippen molar-refractivity contribution in [2.75, 3.05) is 18.0 Å². The molecule has 0 radical (unpaired) electrons. The third-order valence-electron chi connectivity index (χ3n) is 3.15. The van der Waals surface area contributed by atoms with Crippen LogP contribution >= 0.6 is 11.6 Å². The van der Waals surface area contributed by atoms with Gasteiger partial charge in [0.1, 0.15) is 17.0 Å². The molecule has 1 aliphatic heterocycles. The lowest BCUT2D eigenvalue weighted by Crippen LogP contribution is -2.33. The summed E-state index contributed by atoms with van der Waals surface area (Å²) < 4.78 is 0. The Hall–Kier alpha value is -1.36. The number of hydrogen-bond donors (Lipinski definition) is 0. The Morgan fingerprint density at radius 2 is 2.18 bits per heavy atom. The van der Waals surface area contributed by atoms with Gasteiger partial charge in [0.2, 0.25) is 0 Å². The summed E-state index contributed by atoms with van der Waals surface area (Å²) in [5.74, 6) is 0.683. The number of rotatable bonds is 2. The number of aromatic nitrogens is 1. The monoisotopic (exact) mass is 255 g/mol. The number of piperidine rings is 1. The highest BCUT2D eigenvalue weighted by molar-refractivity contribution is 6.29. The average molecular weight is 256 g/mol. The largest absolute Gasteiger partial charge is 0.366 e. The summed E-state index contributed by atoms with van der Waals surface area (Å²) in [5.41, 5.74) is 0.617.